The lowest BCUT2D eigenvalue weighted by molar-refractivity contribution is -0.139. The van der Waals surface area contributed by atoms with Crippen LogP contribution in [0.4, 0.5) is 0 Å². The molecule has 24 heavy (non-hydrogen) atoms. The minimum Gasteiger partial charge on any atom is -0.480 e. The van der Waals surface area contributed by atoms with Crippen LogP contribution in [0.5, 0.6) is 0 Å². The molecule has 0 unspecified atom stereocenters. The van der Waals surface area contributed by atoms with Crippen molar-refractivity contribution in [3.63, 3.8) is 0 Å². The Balaban J connectivity index is 1.90. The minimum atomic E-state index is -0.796. The molecule has 7 heteroatoms. The smallest absolute Gasteiger partial charge is 0.317 e. The van der Waals surface area contributed by atoms with Gasteiger partial charge in [0.05, 0.1) is 11.6 Å². The maximum atomic E-state index is 12.6. The van der Waals surface area contributed by atoms with Crippen molar-refractivity contribution < 1.29 is 14.7 Å². The predicted molar refractivity (Wildman–Crippen MR) is 94.5 cm³/mol. The van der Waals surface area contributed by atoms with E-state index in [1.54, 1.807) is 11.3 Å². The topological polar surface area (TPSA) is 73.7 Å². The zero-order valence-corrected chi connectivity index (χ0v) is 15.5. The lowest BCUT2D eigenvalue weighted by Crippen LogP contribution is -2.48. The molecule has 1 aromatic rings. The molecule has 1 fully saturated rings. The van der Waals surface area contributed by atoms with Gasteiger partial charge in [-0.15, -0.1) is 11.3 Å². The molecule has 1 aliphatic rings. The molecule has 1 N–H and O–H groups in total. The summed E-state index contributed by atoms with van der Waals surface area (Å²) in [5.41, 5.74) is 0.548. The van der Waals surface area contributed by atoms with Crippen LogP contribution in [0.3, 0.4) is 0 Å². The van der Waals surface area contributed by atoms with Crippen LogP contribution < -0.4 is 0 Å². The van der Waals surface area contributed by atoms with Gasteiger partial charge in [-0.3, -0.25) is 14.5 Å². The summed E-state index contributed by atoms with van der Waals surface area (Å²) in [6.07, 6.45) is 2.53. The second-order valence-electron chi connectivity index (χ2n) is 6.70. The van der Waals surface area contributed by atoms with Crippen molar-refractivity contribution in [1.82, 2.24) is 14.8 Å². The highest BCUT2D eigenvalue weighted by atomic mass is 32.1. The highest BCUT2D eigenvalue weighted by Gasteiger charge is 2.28. The first-order chi connectivity index (χ1) is 11.4. The fraction of sp³-hybridized carbons (Fsp3) is 0.706. The van der Waals surface area contributed by atoms with Gasteiger partial charge in [0, 0.05) is 30.9 Å². The molecule has 1 amide bonds. The maximum Gasteiger partial charge on any atom is 0.317 e. The van der Waals surface area contributed by atoms with Gasteiger partial charge in [0.1, 0.15) is 5.69 Å². The molecule has 0 saturated carbocycles. The largest absolute Gasteiger partial charge is 0.480 e. The first-order valence-electron chi connectivity index (χ1n) is 8.60. The third-order valence-corrected chi connectivity index (χ3v) is 5.24. The number of hydrogen-bond donors (Lipinski definition) is 1. The molecule has 134 valence electrons. The Labute approximate surface area is 147 Å². The fourth-order valence-electron chi connectivity index (χ4n) is 3.12. The Hall–Kier alpha value is -1.47. The molecule has 2 heterocycles. The number of aromatic nitrogens is 1. The molecular formula is C17H27N3O3S. The van der Waals surface area contributed by atoms with Crippen LogP contribution in [0.25, 0.3) is 0 Å². The summed E-state index contributed by atoms with van der Waals surface area (Å²) in [5, 5.41) is 11.9. The minimum absolute atomic E-state index is 0.000916. The lowest BCUT2D eigenvalue weighted by atomic mass is 10.0. The number of piperidine rings is 1. The van der Waals surface area contributed by atoms with Gasteiger partial charge in [-0.2, -0.15) is 0 Å². The normalized spacial score (nSPS) is 16.1. The van der Waals surface area contributed by atoms with Gasteiger partial charge in [0.25, 0.3) is 5.91 Å². The Morgan fingerprint density at radius 2 is 2.08 bits per heavy atom. The number of amides is 1. The van der Waals surface area contributed by atoms with E-state index in [0.29, 0.717) is 24.7 Å². The van der Waals surface area contributed by atoms with Gasteiger partial charge in [-0.25, -0.2) is 4.98 Å². The van der Waals surface area contributed by atoms with Gasteiger partial charge in [0.2, 0.25) is 0 Å². The average Bonchev–Trinajstić information content (AvgIpc) is 2.99. The number of hydrogen-bond acceptors (Lipinski definition) is 5. The number of aliphatic carboxylic acids is 1. The number of carboxylic acids is 1. The average molecular weight is 353 g/mol. The van der Waals surface area contributed by atoms with E-state index in [2.05, 4.69) is 18.8 Å². The van der Waals surface area contributed by atoms with E-state index in [0.717, 1.165) is 30.8 Å². The molecule has 0 aromatic carbocycles. The van der Waals surface area contributed by atoms with E-state index >= 15 is 0 Å². The number of nitrogens with zero attached hydrogens (tertiary/aromatic N) is 3. The Kier molecular flexibility index (Phi) is 6.74. The molecule has 0 radical (unpaired) electrons. The van der Waals surface area contributed by atoms with Crippen LogP contribution >= 0.6 is 11.3 Å². The molecule has 0 bridgehead atoms. The second kappa shape index (κ2) is 8.58. The van der Waals surface area contributed by atoms with Crippen molar-refractivity contribution in [2.45, 2.75) is 46.1 Å². The van der Waals surface area contributed by atoms with E-state index in [9.17, 15) is 9.59 Å². The van der Waals surface area contributed by atoms with Gasteiger partial charge in [-0.1, -0.05) is 20.8 Å². The third-order valence-electron chi connectivity index (χ3n) is 4.37. The van der Waals surface area contributed by atoms with Crippen LogP contribution in [0, 0.1) is 5.92 Å². The quantitative estimate of drug-likeness (QED) is 0.814. The maximum absolute atomic E-state index is 12.6. The highest BCUT2D eigenvalue weighted by molar-refractivity contribution is 7.09. The summed E-state index contributed by atoms with van der Waals surface area (Å²) in [4.78, 5) is 31.8. The van der Waals surface area contributed by atoms with Crippen molar-refractivity contribution in [2.24, 2.45) is 5.92 Å². The van der Waals surface area contributed by atoms with Crippen molar-refractivity contribution >= 4 is 23.2 Å². The van der Waals surface area contributed by atoms with Crippen LogP contribution in [0.15, 0.2) is 5.38 Å². The van der Waals surface area contributed by atoms with Gasteiger partial charge in [0.15, 0.2) is 0 Å². The number of carbonyl (C=O) groups is 2. The first-order valence-corrected chi connectivity index (χ1v) is 9.48. The molecule has 0 aliphatic carbocycles. The molecule has 1 saturated heterocycles. The molecule has 1 aliphatic heterocycles. The number of carboxylic acid groups (broad SMARTS) is 1. The predicted octanol–water partition coefficient (Wildman–Crippen LogP) is 2.35. The highest BCUT2D eigenvalue weighted by Crippen LogP contribution is 2.20. The third kappa shape index (κ3) is 5.01. The Bertz CT molecular complexity index is 565. The van der Waals surface area contributed by atoms with Crippen molar-refractivity contribution in [1.29, 1.82) is 0 Å². The van der Waals surface area contributed by atoms with Gasteiger partial charge in [-0.05, 0) is 25.3 Å². The molecular weight excluding hydrogens is 326 g/mol. The number of carbonyl (C=O) groups excluding carboxylic acids is 1. The summed E-state index contributed by atoms with van der Waals surface area (Å²) in [6.45, 7) is 8.38. The van der Waals surface area contributed by atoms with Crippen LogP contribution in [0.2, 0.25) is 0 Å². The second-order valence-corrected chi connectivity index (χ2v) is 7.65. The number of rotatable bonds is 7. The summed E-state index contributed by atoms with van der Waals surface area (Å²) < 4.78 is 0. The zero-order chi connectivity index (χ0) is 17.7. The molecule has 0 spiro atoms. The molecule has 6 nitrogen and oxygen atoms in total. The first kappa shape index (κ1) is 18.9. The van der Waals surface area contributed by atoms with E-state index in [4.69, 9.17) is 5.11 Å². The summed E-state index contributed by atoms with van der Waals surface area (Å²) in [6, 6.07) is 0.238. The lowest BCUT2D eigenvalue weighted by Gasteiger charge is -2.37. The van der Waals surface area contributed by atoms with Crippen LogP contribution in [-0.2, 0) is 11.2 Å². The molecule has 1 aromatic heterocycles. The summed E-state index contributed by atoms with van der Waals surface area (Å²) in [7, 11) is 0. The Morgan fingerprint density at radius 1 is 1.42 bits per heavy atom. The van der Waals surface area contributed by atoms with Crippen LogP contribution in [-0.4, -0.2) is 64.0 Å². The SMILES string of the molecule is CCN(CC(=O)O)C1CCN(C(=O)c2csc(CC(C)C)n2)CC1. The monoisotopic (exact) mass is 353 g/mol. The number of likely N-dealkylation sites (tertiary alicyclic amines) is 1. The van der Waals surface area contributed by atoms with E-state index in [1.807, 2.05) is 22.1 Å². The van der Waals surface area contributed by atoms with E-state index in [1.165, 1.54) is 0 Å². The summed E-state index contributed by atoms with van der Waals surface area (Å²) >= 11 is 1.55. The zero-order valence-electron chi connectivity index (χ0n) is 14.7. The van der Waals surface area contributed by atoms with E-state index < -0.39 is 5.97 Å². The standard InChI is InChI=1S/C17H27N3O3S/c1-4-19(10-16(21)22)13-5-7-20(8-6-13)17(23)14-11-24-15(18-14)9-12(2)3/h11-13H,4-10H2,1-3H3,(H,21,22). The Morgan fingerprint density at radius 3 is 2.62 bits per heavy atom. The van der Waals surface area contributed by atoms with Crippen molar-refractivity contribution in [2.75, 3.05) is 26.2 Å². The van der Waals surface area contributed by atoms with Gasteiger partial charge >= 0.3 is 5.97 Å². The van der Waals surface area contributed by atoms with Gasteiger partial charge < -0.3 is 10.0 Å². The number of thiazole rings is 1. The molecule has 2 rings (SSSR count). The van der Waals surface area contributed by atoms with Crippen LogP contribution in [0.1, 0.15) is 49.1 Å². The molecule has 0 atom stereocenters. The van der Waals surface area contributed by atoms with Crippen molar-refractivity contribution in [3.8, 4) is 0 Å². The fourth-order valence-corrected chi connectivity index (χ4v) is 4.10. The number of likely N-dealkylation sites (N-methyl/N-ethyl adjacent to an activating group) is 1. The van der Waals surface area contributed by atoms with Crippen molar-refractivity contribution in [3.05, 3.63) is 16.1 Å². The van der Waals surface area contributed by atoms with E-state index in [-0.39, 0.29) is 18.5 Å². The summed E-state index contributed by atoms with van der Waals surface area (Å²) in [5.74, 6) is -0.263.